The molecule has 2 aromatic carbocycles. The second-order valence-electron chi connectivity index (χ2n) is 7.38. The molecule has 3 heterocycles. The molecule has 5 rings (SSSR count). The second kappa shape index (κ2) is 11.0. The van der Waals surface area contributed by atoms with Gasteiger partial charge in [0, 0.05) is 43.1 Å². The van der Waals surface area contributed by atoms with E-state index in [1.54, 1.807) is 11.3 Å². The first-order valence-corrected chi connectivity index (χ1v) is 11.0. The second-order valence-corrected chi connectivity index (χ2v) is 8.39. The number of fused-ring (bicyclic) bond motifs is 3. The zero-order valence-electron chi connectivity index (χ0n) is 17.7. The van der Waals surface area contributed by atoms with E-state index in [9.17, 15) is 4.79 Å². The molecule has 1 aliphatic rings. The topological polar surface area (TPSA) is 94.1 Å². The zero-order chi connectivity index (χ0) is 21.2. The predicted octanol–water partition coefficient (Wildman–Crippen LogP) is 4.26. The Kier molecular flexibility index (Phi) is 8.39. The third kappa shape index (κ3) is 5.69. The van der Waals surface area contributed by atoms with Crippen LogP contribution in [0.3, 0.4) is 0 Å². The smallest absolute Gasteiger partial charge is 0.316 e. The minimum absolute atomic E-state index is 0. The maximum atomic E-state index is 11.0. The van der Waals surface area contributed by atoms with Crippen LogP contribution in [-0.2, 0) is 4.74 Å². The van der Waals surface area contributed by atoms with Gasteiger partial charge in [-0.05, 0) is 24.3 Å². The number of primary amides is 1. The standard InChI is InChI=1S/C22H23N5O3S.2ClH/c23-21(28)24-16-3-1-15(2-4-16)18-14-27-19-13-17(5-6-20(19)31-22(27)25-18)30-12-9-26-7-10-29-11-8-26;;/h1-6,13-14H,7-12H2,(H3,23,24,28);2*1H. The number of anilines is 1. The fraction of sp³-hybridized carbons (Fsp3) is 0.273. The number of carbonyl (C=O) groups excluding carboxylic acids is 1. The van der Waals surface area contributed by atoms with Crippen LogP contribution in [0.15, 0.2) is 48.7 Å². The van der Waals surface area contributed by atoms with Crippen LogP contribution in [0.5, 0.6) is 5.75 Å². The average Bonchev–Trinajstić information content (AvgIpc) is 3.33. The number of nitrogens with one attached hydrogen (secondary N) is 1. The number of amides is 2. The van der Waals surface area contributed by atoms with Crippen LogP contribution >= 0.6 is 36.2 Å². The van der Waals surface area contributed by atoms with Crippen molar-refractivity contribution in [1.29, 1.82) is 0 Å². The molecule has 0 radical (unpaired) electrons. The van der Waals surface area contributed by atoms with Crippen molar-refractivity contribution in [2.45, 2.75) is 0 Å². The van der Waals surface area contributed by atoms with Gasteiger partial charge >= 0.3 is 6.03 Å². The van der Waals surface area contributed by atoms with Gasteiger partial charge in [-0.25, -0.2) is 9.78 Å². The number of hydrogen-bond acceptors (Lipinski definition) is 6. The van der Waals surface area contributed by atoms with Crippen LogP contribution in [0.1, 0.15) is 0 Å². The van der Waals surface area contributed by atoms with E-state index < -0.39 is 6.03 Å². The number of thiazole rings is 1. The molecule has 176 valence electrons. The number of nitrogens with two attached hydrogens (primary N) is 1. The first-order valence-electron chi connectivity index (χ1n) is 10.2. The van der Waals surface area contributed by atoms with Crippen molar-refractivity contribution in [1.82, 2.24) is 14.3 Å². The van der Waals surface area contributed by atoms with E-state index in [-0.39, 0.29) is 24.8 Å². The van der Waals surface area contributed by atoms with Crippen LogP contribution < -0.4 is 15.8 Å². The lowest BCUT2D eigenvalue weighted by atomic mass is 10.1. The van der Waals surface area contributed by atoms with Crippen LogP contribution in [0.25, 0.3) is 26.4 Å². The van der Waals surface area contributed by atoms with Gasteiger partial charge in [0.2, 0.25) is 0 Å². The van der Waals surface area contributed by atoms with Crippen LogP contribution in [0.4, 0.5) is 10.5 Å². The normalized spacial score (nSPS) is 13.9. The van der Waals surface area contributed by atoms with Gasteiger partial charge in [-0.15, -0.1) is 24.8 Å². The molecule has 0 bridgehead atoms. The molecule has 2 amide bonds. The molecular formula is C22H25Cl2N5O3S. The van der Waals surface area contributed by atoms with Crippen molar-refractivity contribution in [3.63, 3.8) is 0 Å². The van der Waals surface area contributed by atoms with Crippen LogP contribution in [0, 0.1) is 0 Å². The highest BCUT2D eigenvalue weighted by molar-refractivity contribution is 7.23. The molecule has 1 aliphatic heterocycles. The summed E-state index contributed by atoms with van der Waals surface area (Å²) in [4.78, 5) is 19.0. The lowest BCUT2D eigenvalue weighted by Crippen LogP contribution is -2.38. The Morgan fingerprint density at radius 2 is 1.91 bits per heavy atom. The number of morpholine rings is 1. The van der Waals surface area contributed by atoms with E-state index in [1.165, 1.54) is 0 Å². The molecule has 3 N–H and O–H groups in total. The molecule has 33 heavy (non-hydrogen) atoms. The maximum Gasteiger partial charge on any atom is 0.316 e. The molecule has 4 aromatic rings. The Morgan fingerprint density at radius 3 is 2.64 bits per heavy atom. The van der Waals surface area contributed by atoms with Crippen molar-refractivity contribution >= 4 is 63.0 Å². The number of nitrogens with zero attached hydrogens (tertiary/aromatic N) is 3. The number of carbonyl (C=O) groups is 1. The van der Waals surface area contributed by atoms with E-state index in [2.05, 4.69) is 26.8 Å². The van der Waals surface area contributed by atoms with E-state index in [1.807, 2.05) is 36.5 Å². The summed E-state index contributed by atoms with van der Waals surface area (Å²) in [5.74, 6) is 0.859. The number of imidazole rings is 1. The highest BCUT2D eigenvalue weighted by Gasteiger charge is 2.13. The molecule has 0 spiro atoms. The van der Waals surface area contributed by atoms with Gasteiger partial charge in [-0.1, -0.05) is 23.5 Å². The monoisotopic (exact) mass is 509 g/mol. The summed E-state index contributed by atoms with van der Waals surface area (Å²) >= 11 is 1.64. The van der Waals surface area contributed by atoms with E-state index in [0.29, 0.717) is 12.3 Å². The summed E-state index contributed by atoms with van der Waals surface area (Å²) in [5, 5.41) is 2.57. The molecular weight excluding hydrogens is 485 g/mol. The molecule has 0 unspecified atom stereocenters. The summed E-state index contributed by atoms with van der Waals surface area (Å²) in [6, 6.07) is 13.1. The van der Waals surface area contributed by atoms with Crippen molar-refractivity contribution in [2.75, 3.05) is 44.8 Å². The largest absolute Gasteiger partial charge is 0.492 e. The molecule has 0 aliphatic carbocycles. The molecule has 2 aromatic heterocycles. The minimum atomic E-state index is -0.579. The number of halogens is 2. The van der Waals surface area contributed by atoms with Gasteiger partial charge < -0.3 is 20.5 Å². The molecule has 0 saturated carbocycles. The highest BCUT2D eigenvalue weighted by Crippen LogP contribution is 2.32. The van der Waals surface area contributed by atoms with Gasteiger partial charge in [0.25, 0.3) is 0 Å². The Bertz CT molecular complexity index is 1220. The number of benzene rings is 2. The average molecular weight is 510 g/mol. The summed E-state index contributed by atoms with van der Waals surface area (Å²) in [5.41, 5.74) is 8.74. The summed E-state index contributed by atoms with van der Waals surface area (Å²) in [7, 11) is 0. The third-order valence-electron chi connectivity index (χ3n) is 5.29. The molecule has 8 nitrogen and oxygen atoms in total. The highest BCUT2D eigenvalue weighted by atomic mass is 35.5. The lowest BCUT2D eigenvalue weighted by molar-refractivity contribution is 0.0322. The first-order chi connectivity index (χ1) is 15.2. The minimum Gasteiger partial charge on any atom is -0.492 e. The number of aromatic nitrogens is 2. The van der Waals surface area contributed by atoms with Crippen LogP contribution in [-0.4, -0.2) is 59.8 Å². The zero-order valence-corrected chi connectivity index (χ0v) is 20.2. The summed E-state index contributed by atoms with van der Waals surface area (Å²) in [6.45, 7) is 5.07. The van der Waals surface area contributed by atoms with Crippen molar-refractivity contribution < 1.29 is 14.3 Å². The summed E-state index contributed by atoms with van der Waals surface area (Å²) < 4.78 is 14.7. The lowest BCUT2D eigenvalue weighted by Gasteiger charge is -2.26. The number of urea groups is 1. The molecule has 11 heteroatoms. The fourth-order valence-corrected chi connectivity index (χ4v) is 4.68. The molecule has 1 fully saturated rings. The first kappa shape index (κ1) is 25.1. The van der Waals surface area contributed by atoms with Gasteiger partial charge in [-0.2, -0.15) is 0 Å². The summed E-state index contributed by atoms with van der Waals surface area (Å²) in [6.07, 6.45) is 2.03. The van der Waals surface area contributed by atoms with Crippen molar-refractivity contribution in [2.24, 2.45) is 5.73 Å². The predicted molar refractivity (Wildman–Crippen MR) is 136 cm³/mol. The fourth-order valence-electron chi connectivity index (χ4n) is 3.69. The number of hydrogen-bond donors (Lipinski definition) is 2. The maximum absolute atomic E-state index is 11.0. The number of ether oxygens (including phenoxy) is 2. The Balaban J connectivity index is 0.00000153. The van der Waals surface area contributed by atoms with E-state index >= 15 is 0 Å². The van der Waals surface area contributed by atoms with Gasteiger partial charge in [0.05, 0.1) is 29.1 Å². The molecule has 1 saturated heterocycles. The van der Waals surface area contributed by atoms with E-state index in [4.69, 9.17) is 20.2 Å². The number of rotatable bonds is 6. The van der Waals surface area contributed by atoms with Gasteiger partial charge in [-0.3, -0.25) is 9.30 Å². The van der Waals surface area contributed by atoms with Crippen molar-refractivity contribution in [3.8, 4) is 17.0 Å². The van der Waals surface area contributed by atoms with Crippen LogP contribution in [0.2, 0.25) is 0 Å². The Labute approximate surface area is 207 Å². The van der Waals surface area contributed by atoms with E-state index in [0.717, 1.165) is 65.0 Å². The Hall–Kier alpha value is -2.56. The quantitative estimate of drug-likeness (QED) is 0.404. The Morgan fingerprint density at radius 1 is 1.15 bits per heavy atom. The SMILES string of the molecule is Cl.Cl.NC(=O)Nc1ccc(-c2cn3c(n2)sc2ccc(OCCN4CCOCC4)cc23)cc1. The van der Waals surface area contributed by atoms with Gasteiger partial charge in [0.1, 0.15) is 12.4 Å². The molecule has 0 atom stereocenters. The van der Waals surface area contributed by atoms with Gasteiger partial charge in [0.15, 0.2) is 4.96 Å². The third-order valence-corrected chi connectivity index (χ3v) is 6.33. The van der Waals surface area contributed by atoms with Crippen molar-refractivity contribution in [3.05, 3.63) is 48.7 Å².